The van der Waals surface area contributed by atoms with E-state index in [0.29, 0.717) is 35.8 Å². The highest BCUT2D eigenvalue weighted by Gasteiger charge is 2.24. The summed E-state index contributed by atoms with van der Waals surface area (Å²) in [6, 6.07) is 11.1. The molecule has 1 aliphatic heterocycles. The average Bonchev–Trinajstić information content (AvgIpc) is 3.09. The fourth-order valence-corrected chi connectivity index (χ4v) is 4.90. The second-order valence-electron chi connectivity index (χ2n) is 6.58. The van der Waals surface area contributed by atoms with Crippen LogP contribution in [0.5, 0.6) is 0 Å². The molecule has 1 aliphatic rings. The number of carbonyl (C=O) groups excluding carboxylic acids is 2. The van der Waals surface area contributed by atoms with Crippen molar-refractivity contribution in [3.05, 3.63) is 53.1 Å². The second kappa shape index (κ2) is 8.32. The molecule has 1 N–H and O–H groups in total. The van der Waals surface area contributed by atoms with Crippen LogP contribution < -0.4 is 10.2 Å². The Hall–Kier alpha value is -2.38. The summed E-state index contributed by atoms with van der Waals surface area (Å²) in [5, 5.41) is 2.99. The monoisotopic (exact) mass is 420 g/mol. The van der Waals surface area contributed by atoms with E-state index in [2.05, 4.69) is 5.32 Å². The summed E-state index contributed by atoms with van der Waals surface area (Å²) in [6.07, 6.45) is 1.73. The highest BCUT2D eigenvalue weighted by molar-refractivity contribution is 7.91. The highest BCUT2D eigenvalue weighted by Crippen LogP contribution is 2.30. The molecule has 0 saturated carbocycles. The van der Waals surface area contributed by atoms with Crippen LogP contribution in [0.2, 0.25) is 5.02 Å². The van der Waals surface area contributed by atoms with E-state index in [9.17, 15) is 18.0 Å². The van der Waals surface area contributed by atoms with Gasteiger partial charge in [-0.2, -0.15) is 0 Å². The maximum absolute atomic E-state index is 12.8. The number of hydrogen-bond acceptors (Lipinski definition) is 4. The van der Waals surface area contributed by atoms with Crippen LogP contribution >= 0.6 is 11.6 Å². The van der Waals surface area contributed by atoms with Gasteiger partial charge in [0.05, 0.1) is 26.9 Å². The zero-order chi connectivity index (χ0) is 20.3. The lowest BCUT2D eigenvalue weighted by Crippen LogP contribution is -2.24. The number of anilines is 2. The fourth-order valence-electron chi connectivity index (χ4n) is 3.19. The Morgan fingerprint density at radius 3 is 2.64 bits per heavy atom. The Kier molecular flexibility index (Phi) is 6.05. The minimum Gasteiger partial charge on any atom is -0.321 e. The Balaban J connectivity index is 1.91. The topological polar surface area (TPSA) is 83.6 Å². The number of rotatable bonds is 6. The van der Waals surface area contributed by atoms with E-state index >= 15 is 0 Å². The van der Waals surface area contributed by atoms with Gasteiger partial charge >= 0.3 is 0 Å². The first-order valence-electron chi connectivity index (χ1n) is 9.06. The normalized spacial score (nSPS) is 14.4. The molecule has 0 bridgehead atoms. The molecular weight excluding hydrogens is 400 g/mol. The summed E-state index contributed by atoms with van der Waals surface area (Å²) in [5.74, 6) is -0.581. The van der Waals surface area contributed by atoms with Gasteiger partial charge in [-0.15, -0.1) is 0 Å². The number of benzene rings is 2. The fraction of sp³-hybridized carbons (Fsp3) is 0.300. The molecule has 0 aliphatic carbocycles. The average molecular weight is 421 g/mol. The van der Waals surface area contributed by atoms with Crippen molar-refractivity contribution >= 4 is 44.6 Å². The third kappa shape index (κ3) is 4.20. The molecule has 0 radical (unpaired) electrons. The van der Waals surface area contributed by atoms with Gasteiger partial charge in [0.15, 0.2) is 9.84 Å². The van der Waals surface area contributed by atoms with Crippen LogP contribution in [0.3, 0.4) is 0 Å². The molecule has 0 aromatic heterocycles. The number of hydrogen-bond donors (Lipinski definition) is 1. The number of carbonyl (C=O) groups is 2. The third-order valence-corrected chi connectivity index (χ3v) is 6.82. The number of nitrogens with one attached hydrogen (secondary N) is 1. The van der Waals surface area contributed by atoms with Gasteiger partial charge in [-0.25, -0.2) is 8.42 Å². The SMILES string of the molecule is CCCS(=O)(=O)c1ccccc1C(=O)Nc1cc(N2CCCC2=O)ccc1Cl. The van der Waals surface area contributed by atoms with Crippen molar-refractivity contribution in [1.82, 2.24) is 0 Å². The molecule has 2 aromatic carbocycles. The molecule has 2 amide bonds. The molecule has 0 spiro atoms. The molecule has 0 atom stereocenters. The summed E-state index contributed by atoms with van der Waals surface area (Å²) in [7, 11) is -3.56. The van der Waals surface area contributed by atoms with Crippen molar-refractivity contribution < 1.29 is 18.0 Å². The van der Waals surface area contributed by atoms with Crippen LogP contribution in [0, 0.1) is 0 Å². The van der Waals surface area contributed by atoms with Crippen LogP contribution in [-0.2, 0) is 14.6 Å². The van der Waals surface area contributed by atoms with E-state index in [0.717, 1.165) is 6.42 Å². The standard InChI is InChI=1S/C20H21ClN2O4S/c1-2-12-28(26,27)18-7-4-3-6-15(18)20(25)22-17-13-14(9-10-16(17)21)23-11-5-8-19(23)24/h3-4,6-7,9-10,13H,2,5,8,11-12H2,1H3,(H,22,25). The molecule has 8 heteroatoms. The van der Waals surface area contributed by atoms with Crippen LogP contribution in [0.4, 0.5) is 11.4 Å². The summed E-state index contributed by atoms with van der Waals surface area (Å²) >= 11 is 6.21. The second-order valence-corrected chi connectivity index (χ2v) is 9.07. The van der Waals surface area contributed by atoms with Crippen molar-refractivity contribution in [1.29, 1.82) is 0 Å². The lowest BCUT2D eigenvalue weighted by molar-refractivity contribution is -0.117. The molecule has 6 nitrogen and oxygen atoms in total. The molecule has 28 heavy (non-hydrogen) atoms. The summed E-state index contributed by atoms with van der Waals surface area (Å²) in [5.41, 5.74) is 1.04. The van der Waals surface area contributed by atoms with Crippen molar-refractivity contribution in [2.24, 2.45) is 0 Å². The maximum Gasteiger partial charge on any atom is 0.257 e. The first kappa shape index (κ1) is 20.4. The van der Waals surface area contributed by atoms with E-state index < -0.39 is 15.7 Å². The van der Waals surface area contributed by atoms with E-state index in [1.54, 1.807) is 42.2 Å². The summed E-state index contributed by atoms with van der Waals surface area (Å²) in [6.45, 7) is 2.39. The number of sulfone groups is 1. The van der Waals surface area contributed by atoms with Gasteiger partial charge in [0.25, 0.3) is 5.91 Å². The van der Waals surface area contributed by atoms with E-state index in [-0.39, 0.29) is 22.1 Å². The minimum absolute atomic E-state index is 0.00338. The maximum atomic E-state index is 12.8. The van der Waals surface area contributed by atoms with Gasteiger partial charge in [0.2, 0.25) is 5.91 Å². The van der Waals surface area contributed by atoms with E-state index in [1.165, 1.54) is 12.1 Å². The highest BCUT2D eigenvalue weighted by atomic mass is 35.5. The molecule has 1 saturated heterocycles. The molecule has 3 rings (SSSR count). The third-order valence-electron chi connectivity index (χ3n) is 4.52. The molecule has 148 valence electrons. The van der Waals surface area contributed by atoms with Gasteiger partial charge in [-0.05, 0) is 43.2 Å². The number of halogens is 1. The Morgan fingerprint density at radius 1 is 1.21 bits per heavy atom. The van der Waals surface area contributed by atoms with Crippen LogP contribution in [0.15, 0.2) is 47.4 Å². The quantitative estimate of drug-likeness (QED) is 0.768. The van der Waals surface area contributed by atoms with E-state index in [1.807, 2.05) is 0 Å². The lowest BCUT2D eigenvalue weighted by Gasteiger charge is -2.18. The zero-order valence-electron chi connectivity index (χ0n) is 15.4. The first-order chi connectivity index (χ1) is 13.3. The van der Waals surface area contributed by atoms with Gasteiger partial charge in [-0.1, -0.05) is 30.7 Å². The predicted molar refractivity (Wildman–Crippen MR) is 110 cm³/mol. The number of amides is 2. The Bertz CT molecular complexity index is 1020. The summed E-state index contributed by atoms with van der Waals surface area (Å²) in [4.78, 5) is 26.4. The predicted octanol–water partition coefficient (Wildman–Crippen LogP) is 3.90. The summed E-state index contributed by atoms with van der Waals surface area (Å²) < 4.78 is 25.0. The molecular formula is C20H21ClN2O4S. The van der Waals surface area contributed by atoms with Gasteiger partial charge in [0.1, 0.15) is 0 Å². The molecule has 1 heterocycles. The van der Waals surface area contributed by atoms with Crippen molar-refractivity contribution in [2.75, 3.05) is 22.5 Å². The first-order valence-corrected chi connectivity index (χ1v) is 11.1. The lowest BCUT2D eigenvalue weighted by atomic mass is 10.2. The van der Waals surface area contributed by atoms with Gasteiger partial charge < -0.3 is 10.2 Å². The Labute approximate surface area is 169 Å². The van der Waals surface area contributed by atoms with Gasteiger partial charge in [0, 0.05) is 18.7 Å². The van der Waals surface area contributed by atoms with E-state index in [4.69, 9.17) is 11.6 Å². The molecule has 0 unspecified atom stereocenters. The minimum atomic E-state index is -3.56. The van der Waals surface area contributed by atoms with Crippen LogP contribution in [-0.4, -0.2) is 32.5 Å². The zero-order valence-corrected chi connectivity index (χ0v) is 17.0. The van der Waals surface area contributed by atoms with Crippen molar-refractivity contribution in [2.45, 2.75) is 31.1 Å². The van der Waals surface area contributed by atoms with Crippen LogP contribution in [0.25, 0.3) is 0 Å². The largest absolute Gasteiger partial charge is 0.321 e. The van der Waals surface area contributed by atoms with Crippen molar-refractivity contribution in [3.63, 3.8) is 0 Å². The smallest absolute Gasteiger partial charge is 0.257 e. The number of nitrogens with zero attached hydrogens (tertiary/aromatic N) is 1. The van der Waals surface area contributed by atoms with Crippen LogP contribution in [0.1, 0.15) is 36.5 Å². The van der Waals surface area contributed by atoms with Gasteiger partial charge in [-0.3, -0.25) is 9.59 Å². The van der Waals surface area contributed by atoms with Crippen molar-refractivity contribution in [3.8, 4) is 0 Å². The molecule has 2 aromatic rings. The molecule has 1 fully saturated rings. The Morgan fingerprint density at radius 2 is 1.96 bits per heavy atom.